The van der Waals surface area contributed by atoms with Crippen molar-refractivity contribution < 1.29 is 17.9 Å². The van der Waals surface area contributed by atoms with E-state index in [9.17, 15) is 13.2 Å². The normalized spacial score (nSPS) is 13.9. The summed E-state index contributed by atoms with van der Waals surface area (Å²) in [6, 6.07) is 2.86. The van der Waals surface area contributed by atoms with Crippen molar-refractivity contribution in [2.75, 3.05) is 7.11 Å². The summed E-state index contributed by atoms with van der Waals surface area (Å²) in [4.78, 5) is 2.76. The zero-order valence-electron chi connectivity index (χ0n) is 9.01. The van der Waals surface area contributed by atoms with E-state index in [1.165, 1.54) is 19.4 Å². The first-order valence-corrected chi connectivity index (χ1v) is 4.91. The quantitative estimate of drug-likeness (QED) is 0.853. The Morgan fingerprint density at radius 1 is 1.35 bits per heavy atom. The molecule has 0 saturated carbocycles. The molecule has 0 unspecified atom stereocenters. The number of ether oxygens (including phenoxy) is 1. The summed E-state index contributed by atoms with van der Waals surface area (Å²) in [7, 11) is 1.46. The van der Waals surface area contributed by atoms with Crippen molar-refractivity contribution in [3.63, 3.8) is 0 Å². The van der Waals surface area contributed by atoms with Gasteiger partial charge in [0.1, 0.15) is 11.8 Å². The van der Waals surface area contributed by atoms with Gasteiger partial charge in [-0.2, -0.15) is 13.2 Å². The van der Waals surface area contributed by atoms with Crippen molar-refractivity contribution in [1.82, 2.24) is 4.98 Å². The summed E-state index contributed by atoms with van der Waals surface area (Å²) in [5, 5.41) is 0.425. The molecule has 3 nitrogen and oxygen atoms in total. The molecule has 2 rings (SSSR count). The number of hydrogen-bond acceptors (Lipinski definition) is 2. The highest BCUT2D eigenvalue weighted by Crippen LogP contribution is 2.35. The average molecular weight is 244 g/mol. The molecule has 0 aliphatic rings. The summed E-state index contributed by atoms with van der Waals surface area (Å²) in [6.07, 6.45) is -3.18. The monoisotopic (exact) mass is 244 g/mol. The van der Waals surface area contributed by atoms with Crippen LogP contribution < -0.4 is 10.5 Å². The van der Waals surface area contributed by atoms with Crippen molar-refractivity contribution in [2.24, 2.45) is 5.73 Å². The predicted octanol–water partition coefficient (Wildman–Crippen LogP) is 2.74. The Morgan fingerprint density at radius 2 is 2.06 bits per heavy atom. The SMILES string of the molecule is COc1ccc2[nH]cc([C@H](N)C(F)(F)F)c2c1. The lowest BCUT2D eigenvalue weighted by atomic mass is 10.1. The van der Waals surface area contributed by atoms with E-state index in [4.69, 9.17) is 10.5 Å². The Kier molecular flexibility index (Phi) is 2.74. The molecule has 17 heavy (non-hydrogen) atoms. The molecule has 1 heterocycles. The van der Waals surface area contributed by atoms with Gasteiger partial charge in [0.2, 0.25) is 0 Å². The van der Waals surface area contributed by atoms with Gasteiger partial charge in [0.25, 0.3) is 0 Å². The van der Waals surface area contributed by atoms with Gasteiger partial charge < -0.3 is 15.5 Å². The number of nitrogens with two attached hydrogens (primary N) is 1. The average Bonchev–Trinajstić information content (AvgIpc) is 2.69. The minimum absolute atomic E-state index is 0.0198. The highest BCUT2D eigenvalue weighted by molar-refractivity contribution is 5.85. The van der Waals surface area contributed by atoms with Gasteiger partial charge >= 0.3 is 6.18 Å². The van der Waals surface area contributed by atoms with Crippen LogP contribution in [-0.4, -0.2) is 18.3 Å². The number of nitrogens with one attached hydrogen (secondary N) is 1. The number of aromatic amines is 1. The molecule has 0 radical (unpaired) electrons. The Morgan fingerprint density at radius 3 is 2.65 bits per heavy atom. The molecule has 3 N–H and O–H groups in total. The largest absolute Gasteiger partial charge is 0.497 e. The molecule has 1 aromatic carbocycles. The van der Waals surface area contributed by atoms with E-state index in [-0.39, 0.29) is 5.56 Å². The van der Waals surface area contributed by atoms with Gasteiger partial charge in [-0.1, -0.05) is 0 Å². The zero-order chi connectivity index (χ0) is 12.6. The maximum atomic E-state index is 12.6. The third-order valence-corrected chi connectivity index (χ3v) is 2.61. The number of halogens is 3. The minimum atomic E-state index is -4.46. The van der Waals surface area contributed by atoms with Crippen LogP contribution in [0.25, 0.3) is 10.9 Å². The third-order valence-electron chi connectivity index (χ3n) is 2.61. The summed E-state index contributed by atoms with van der Waals surface area (Å²) in [6.45, 7) is 0. The van der Waals surface area contributed by atoms with Crippen LogP contribution >= 0.6 is 0 Å². The lowest BCUT2D eigenvalue weighted by Gasteiger charge is -2.14. The molecule has 0 bridgehead atoms. The molecule has 92 valence electrons. The first-order valence-electron chi connectivity index (χ1n) is 4.91. The van der Waals surface area contributed by atoms with Crippen molar-refractivity contribution in [3.05, 3.63) is 30.0 Å². The van der Waals surface area contributed by atoms with Crippen LogP contribution in [0.2, 0.25) is 0 Å². The van der Waals surface area contributed by atoms with Crippen LogP contribution in [0.15, 0.2) is 24.4 Å². The Labute approximate surface area is 95.4 Å². The van der Waals surface area contributed by atoms with Crippen LogP contribution in [0.4, 0.5) is 13.2 Å². The van der Waals surface area contributed by atoms with Crippen LogP contribution in [0.5, 0.6) is 5.75 Å². The third kappa shape index (κ3) is 2.08. The first kappa shape index (κ1) is 11.8. The maximum Gasteiger partial charge on any atom is 0.407 e. The molecule has 0 spiro atoms. The zero-order valence-corrected chi connectivity index (χ0v) is 9.01. The number of aromatic nitrogens is 1. The van der Waals surface area contributed by atoms with Gasteiger partial charge in [0, 0.05) is 22.7 Å². The topological polar surface area (TPSA) is 51.0 Å². The molecule has 1 aromatic heterocycles. The van der Waals surface area contributed by atoms with Gasteiger partial charge in [-0.05, 0) is 18.2 Å². The molecule has 0 aliphatic carbocycles. The second kappa shape index (κ2) is 3.96. The fraction of sp³-hybridized carbons (Fsp3) is 0.273. The molecule has 0 saturated heterocycles. The highest BCUT2D eigenvalue weighted by atomic mass is 19.4. The van der Waals surface area contributed by atoms with Crippen LogP contribution in [-0.2, 0) is 0 Å². The fourth-order valence-corrected chi connectivity index (χ4v) is 1.68. The molecule has 0 aliphatic heterocycles. The van der Waals surface area contributed by atoms with Gasteiger partial charge in [0.15, 0.2) is 0 Å². The van der Waals surface area contributed by atoms with Crippen molar-refractivity contribution in [3.8, 4) is 5.75 Å². The maximum absolute atomic E-state index is 12.6. The number of methoxy groups -OCH3 is 1. The summed E-state index contributed by atoms with van der Waals surface area (Å²) < 4.78 is 42.6. The first-order chi connectivity index (χ1) is 7.93. The minimum Gasteiger partial charge on any atom is -0.497 e. The highest BCUT2D eigenvalue weighted by Gasteiger charge is 2.39. The van der Waals surface area contributed by atoms with Crippen molar-refractivity contribution in [1.29, 1.82) is 0 Å². The molecule has 1 atom stereocenters. The van der Waals surface area contributed by atoms with Gasteiger partial charge in [-0.3, -0.25) is 0 Å². The summed E-state index contributed by atoms with van der Waals surface area (Å²) in [5.74, 6) is 0.493. The Bertz CT molecular complexity index is 533. The lowest BCUT2D eigenvalue weighted by molar-refractivity contribution is -0.148. The second-order valence-corrected chi connectivity index (χ2v) is 3.67. The molecular weight excluding hydrogens is 233 g/mol. The molecule has 0 fully saturated rings. The van der Waals surface area contributed by atoms with Gasteiger partial charge in [-0.25, -0.2) is 0 Å². The van der Waals surface area contributed by atoms with E-state index >= 15 is 0 Å². The number of hydrogen-bond donors (Lipinski definition) is 2. The molecular formula is C11H11F3N2O. The number of rotatable bonds is 2. The van der Waals surface area contributed by atoms with E-state index in [0.717, 1.165) is 0 Å². The molecule has 0 amide bonds. The summed E-state index contributed by atoms with van der Waals surface area (Å²) >= 11 is 0. The number of H-pyrrole nitrogens is 1. The van der Waals surface area contributed by atoms with Crippen LogP contribution in [0.1, 0.15) is 11.6 Å². The van der Waals surface area contributed by atoms with E-state index in [1.54, 1.807) is 12.1 Å². The Hall–Kier alpha value is -1.69. The Balaban J connectivity index is 2.54. The van der Waals surface area contributed by atoms with Crippen LogP contribution in [0, 0.1) is 0 Å². The molecule has 6 heteroatoms. The van der Waals surface area contributed by atoms with Crippen molar-refractivity contribution >= 4 is 10.9 Å². The van der Waals surface area contributed by atoms with Gasteiger partial charge in [-0.15, -0.1) is 0 Å². The predicted molar refractivity (Wildman–Crippen MR) is 57.8 cm³/mol. The van der Waals surface area contributed by atoms with E-state index in [1.807, 2.05) is 0 Å². The second-order valence-electron chi connectivity index (χ2n) is 3.67. The van der Waals surface area contributed by atoms with Crippen molar-refractivity contribution in [2.45, 2.75) is 12.2 Å². The smallest absolute Gasteiger partial charge is 0.407 e. The number of benzene rings is 1. The van der Waals surface area contributed by atoms with E-state index < -0.39 is 12.2 Å². The standard InChI is InChI=1S/C11H11F3N2O/c1-17-6-2-3-9-7(4-6)8(5-16-9)10(15)11(12,13)14/h2-5,10,16H,15H2,1H3/t10-/m0/s1. The lowest BCUT2D eigenvalue weighted by Crippen LogP contribution is -2.28. The van der Waals surface area contributed by atoms with Crippen LogP contribution in [0.3, 0.4) is 0 Å². The summed E-state index contributed by atoms with van der Waals surface area (Å²) in [5.41, 5.74) is 5.81. The van der Waals surface area contributed by atoms with E-state index in [2.05, 4.69) is 4.98 Å². The van der Waals surface area contributed by atoms with Gasteiger partial charge in [0.05, 0.1) is 7.11 Å². The fourth-order valence-electron chi connectivity index (χ4n) is 1.68. The number of alkyl halides is 3. The molecule has 2 aromatic rings. The number of fused-ring (bicyclic) bond motifs is 1. The van der Waals surface area contributed by atoms with E-state index in [0.29, 0.717) is 16.7 Å².